The number of carbonyl (C=O) groups is 1. The maximum absolute atomic E-state index is 13.6. The van der Waals surface area contributed by atoms with Gasteiger partial charge in [0.05, 0.1) is 23.1 Å². The monoisotopic (exact) mass is 437 g/mol. The minimum Gasteiger partial charge on any atom is -0.291 e. The first-order chi connectivity index (χ1) is 13.6. The van der Waals surface area contributed by atoms with E-state index in [1.165, 1.54) is 18.5 Å². The number of carbonyl (C=O) groups excluding carboxylic acids is 1. The second kappa shape index (κ2) is 9.84. The van der Waals surface area contributed by atoms with Crippen LogP contribution in [0.1, 0.15) is 42.9 Å². The molecule has 1 atom stereocenters. The van der Waals surface area contributed by atoms with E-state index in [9.17, 15) is 17.6 Å². The second-order valence-electron chi connectivity index (χ2n) is 6.66. The fraction of sp³-hybridized carbons (Fsp3) is 0.300. The molecule has 0 fully saturated rings. The Morgan fingerprint density at radius 2 is 1.97 bits per heavy atom. The lowest BCUT2D eigenvalue weighted by molar-refractivity contribution is 0.0966. The molecule has 2 rings (SSSR count). The van der Waals surface area contributed by atoms with Gasteiger partial charge in [0.1, 0.15) is 5.82 Å². The summed E-state index contributed by atoms with van der Waals surface area (Å²) in [6.07, 6.45) is 6.15. The summed E-state index contributed by atoms with van der Waals surface area (Å²) in [5.41, 5.74) is 1.36. The van der Waals surface area contributed by atoms with Crippen LogP contribution in [0.15, 0.2) is 47.1 Å². The van der Waals surface area contributed by atoms with Gasteiger partial charge in [-0.2, -0.15) is 0 Å². The van der Waals surface area contributed by atoms with Crippen LogP contribution in [-0.4, -0.2) is 36.1 Å². The number of benzene rings is 1. The maximum atomic E-state index is 13.6. The third-order valence-electron chi connectivity index (χ3n) is 4.01. The van der Waals surface area contributed by atoms with Gasteiger partial charge in [-0.05, 0) is 25.3 Å². The molecule has 9 heteroatoms. The van der Waals surface area contributed by atoms with E-state index < -0.39 is 15.7 Å². The molecule has 0 aliphatic carbocycles. The summed E-state index contributed by atoms with van der Waals surface area (Å²) in [7, 11) is -3.18. The van der Waals surface area contributed by atoms with Crippen molar-refractivity contribution in [1.29, 1.82) is 0 Å². The standard InChI is InChI=1S/C20H21ClFN3O3S/c1-13(9-10-29(3,27)28)7-8-18(26)20-23-11-15(12-24-20)25-14(2)16-5-4-6-17(22)19(16)21/h4-6,9-13H,7-8H2,1-3H3/b10-9+,25-14?/t13-/m0/s1. The number of allylic oxidation sites excluding steroid dienone is 1. The average Bonchev–Trinajstić information content (AvgIpc) is 2.66. The smallest absolute Gasteiger partial charge is 0.200 e. The highest BCUT2D eigenvalue weighted by molar-refractivity contribution is 7.93. The molecule has 0 saturated heterocycles. The Hall–Kier alpha value is -2.45. The quantitative estimate of drug-likeness (QED) is 0.445. The van der Waals surface area contributed by atoms with Gasteiger partial charge in [0.2, 0.25) is 0 Å². The molecule has 0 aliphatic heterocycles. The van der Waals surface area contributed by atoms with Gasteiger partial charge in [-0.3, -0.25) is 4.79 Å². The second-order valence-corrected chi connectivity index (χ2v) is 8.97. The highest BCUT2D eigenvalue weighted by Crippen LogP contribution is 2.22. The number of sulfone groups is 1. The first-order valence-electron chi connectivity index (χ1n) is 8.80. The molecule has 1 heterocycles. The van der Waals surface area contributed by atoms with E-state index in [1.54, 1.807) is 25.1 Å². The molecule has 2 aromatic rings. The summed E-state index contributed by atoms with van der Waals surface area (Å²) in [5, 5.41) is 1.12. The van der Waals surface area contributed by atoms with Gasteiger partial charge in [-0.15, -0.1) is 0 Å². The fourth-order valence-corrected chi connectivity index (χ4v) is 3.22. The van der Waals surface area contributed by atoms with Crippen LogP contribution in [0.3, 0.4) is 0 Å². The first kappa shape index (κ1) is 22.8. The summed E-state index contributed by atoms with van der Waals surface area (Å²) >= 11 is 5.96. The lowest BCUT2D eigenvalue weighted by Gasteiger charge is -2.06. The molecule has 6 nitrogen and oxygen atoms in total. The normalized spacial score (nSPS) is 13.6. The van der Waals surface area contributed by atoms with Gasteiger partial charge < -0.3 is 0 Å². The largest absolute Gasteiger partial charge is 0.291 e. The van der Waals surface area contributed by atoms with Crippen molar-refractivity contribution in [2.45, 2.75) is 26.7 Å². The van der Waals surface area contributed by atoms with Crippen molar-refractivity contribution in [2.24, 2.45) is 10.9 Å². The summed E-state index contributed by atoms with van der Waals surface area (Å²) in [5.74, 6) is -0.789. The topological polar surface area (TPSA) is 89.4 Å². The highest BCUT2D eigenvalue weighted by Gasteiger charge is 2.12. The van der Waals surface area contributed by atoms with Crippen LogP contribution in [0.2, 0.25) is 5.02 Å². The van der Waals surface area contributed by atoms with Gasteiger partial charge >= 0.3 is 0 Å². The summed E-state index contributed by atoms with van der Waals surface area (Å²) in [6, 6.07) is 4.46. The van der Waals surface area contributed by atoms with Gasteiger partial charge in [0.15, 0.2) is 21.4 Å². The maximum Gasteiger partial charge on any atom is 0.200 e. The minimum atomic E-state index is -3.18. The van der Waals surface area contributed by atoms with Crippen LogP contribution in [-0.2, 0) is 9.84 Å². The molecular formula is C20H21ClFN3O3S. The Morgan fingerprint density at radius 1 is 1.31 bits per heavy atom. The molecule has 0 saturated carbocycles. The number of aromatic nitrogens is 2. The summed E-state index contributed by atoms with van der Waals surface area (Å²) in [4.78, 5) is 24.6. The van der Waals surface area contributed by atoms with Crippen LogP contribution >= 0.6 is 11.6 Å². The predicted octanol–water partition coefficient (Wildman–Crippen LogP) is 4.57. The van der Waals surface area contributed by atoms with Gasteiger partial charge in [-0.25, -0.2) is 27.8 Å². The minimum absolute atomic E-state index is 0.0134. The molecule has 0 radical (unpaired) electrons. The van der Waals surface area contributed by atoms with E-state index >= 15 is 0 Å². The van der Waals surface area contributed by atoms with Gasteiger partial charge in [-0.1, -0.05) is 36.7 Å². The molecule has 0 unspecified atom stereocenters. The van der Waals surface area contributed by atoms with Crippen molar-refractivity contribution in [3.63, 3.8) is 0 Å². The van der Waals surface area contributed by atoms with Gasteiger partial charge in [0.25, 0.3) is 0 Å². The number of Topliss-reactive ketones (excluding diaryl/α,β-unsaturated/α-hetero) is 1. The zero-order valence-electron chi connectivity index (χ0n) is 16.3. The number of hydrogen-bond donors (Lipinski definition) is 0. The molecule has 154 valence electrons. The lowest BCUT2D eigenvalue weighted by Crippen LogP contribution is -2.06. The van der Waals surface area contributed by atoms with Crippen LogP contribution in [0.4, 0.5) is 10.1 Å². The van der Waals surface area contributed by atoms with E-state index in [4.69, 9.17) is 11.6 Å². The molecule has 0 bridgehead atoms. The average molecular weight is 438 g/mol. The van der Waals surface area contributed by atoms with E-state index in [-0.39, 0.29) is 29.0 Å². The fourth-order valence-electron chi connectivity index (χ4n) is 2.40. The first-order valence-corrected chi connectivity index (χ1v) is 11.1. The Kier molecular flexibility index (Phi) is 7.75. The third-order valence-corrected chi connectivity index (χ3v) is 5.04. The molecule has 0 aliphatic rings. The van der Waals surface area contributed by atoms with Crippen molar-refractivity contribution in [3.05, 3.63) is 64.3 Å². The van der Waals surface area contributed by atoms with Crippen molar-refractivity contribution in [3.8, 4) is 0 Å². The van der Waals surface area contributed by atoms with Crippen LogP contribution in [0, 0.1) is 11.7 Å². The molecule has 0 spiro atoms. The number of hydrogen-bond acceptors (Lipinski definition) is 6. The molecule has 0 amide bonds. The number of nitrogens with zero attached hydrogens (tertiary/aromatic N) is 3. The van der Waals surface area contributed by atoms with Crippen LogP contribution < -0.4 is 0 Å². The van der Waals surface area contributed by atoms with E-state index in [0.717, 1.165) is 11.7 Å². The van der Waals surface area contributed by atoms with Gasteiger partial charge in [0, 0.05) is 29.4 Å². The van der Waals surface area contributed by atoms with E-state index in [0.29, 0.717) is 23.4 Å². The summed E-state index contributed by atoms with van der Waals surface area (Å²) in [6.45, 7) is 3.51. The summed E-state index contributed by atoms with van der Waals surface area (Å²) < 4.78 is 35.8. The number of ketones is 1. The van der Waals surface area contributed by atoms with Crippen molar-refractivity contribution < 1.29 is 17.6 Å². The molecule has 1 aromatic heterocycles. The van der Waals surface area contributed by atoms with Crippen molar-refractivity contribution >= 4 is 38.6 Å². The Balaban J connectivity index is 2.03. The highest BCUT2D eigenvalue weighted by atomic mass is 35.5. The van der Waals surface area contributed by atoms with Crippen molar-refractivity contribution in [1.82, 2.24) is 9.97 Å². The Bertz CT molecular complexity index is 1050. The van der Waals surface area contributed by atoms with Crippen LogP contribution in [0.5, 0.6) is 0 Å². The SMILES string of the molecule is CC(=Nc1cnc(C(=O)CC[C@H](C)/C=C/S(C)(=O)=O)nc1)c1cccc(F)c1Cl. The van der Waals surface area contributed by atoms with E-state index in [2.05, 4.69) is 15.0 Å². The molecule has 0 N–H and O–H groups in total. The number of rotatable bonds is 8. The Morgan fingerprint density at radius 3 is 2.59 bits per heavy atom. The van der Waals surface area contributed by atoms with E-state index in [1.807, 2.05) is 6.92 Å². The molecular weight excluding hydrogens is 417 g/mol. The molecule has 1 aromatic carbocycles. The zero-order chi connectivity index (χ0) is 21.6. The lowest BCUT2D eigenvalue weighted by atomic mass is 10.0. The van der Waals surface area contributed by atoms with Crippen molar-refractivity contribution in [2.75, 3.05) is 6.26 Å². The Labute approximate surface area is 174 Å². The molecule has 29 heavy (non-hydrogen) atoms. The van der Waals surface area contributed by atoms with Crippen LogP contribution in [0.25, 0.3) is 0 Å². The number of aliphatic imine (C=N–C) groups is 1. The number of halogens is 2. The third kappa shape index (κ3) is 7.14. The zero-order valence-corrected chi connectivity index (χ0v) is 17.8. The predicted molar refractivity (Wildman–Crippen MR) is 112 cm³/mol.